The number of benzene rings is 1. The topological polar surface area (TPSA) is 32.3 Å². The second kappa shape index (κ2) is 5.12. The van der Waals surface area contributed by atoms with E-state index in [1.54, 1.807) is 0 Å². The van der Waals surface area contributed by atoms with Crippen LogP contribution in [0.15, 0.2) is 18.2 Å². The summed E-state index contributed by atoms with van der Waals surface area (Å²) >= 11 is 5.32. The second-order valence-electron chi connectivity index (χ2n) is 2.79. The Morgan fingerprint density at radius 2 is 1.93 bits per heavy atom. The maximum atomic E-state index is 13.0. The number of hydrogen-bond acceptors (Lipinski definition) is 2. The average molecular weight is 222 g/mol. The minimum atomic E-state index is -0.823. The Morgan fingerprint density at radius 1 is 1.36 bits per heavy atom. The van der Waals surface area contributed by atoms with E-state index in [1.165, 1.54) is 6.07 Å². The van der Waals surface area contributed by atoms with Crippen molar-refractivity contribution in [1.82, 2.24) is 0 Å². The van der Waals surface area contributed by atoms with Crippen LogP contribution in [-0.4, -0.2) is 23.6 Å². The van der Waals surface area contributed by atoms with Crippen molar-refractivity contribution >= 4 is 17.3 Å². The molecular weight excluding hydrogens is 212 g/mol. The Hall–Kier alpha value is -0.870. The fourth-order valence-corrected chi connectivity index (χ4v) is 1.05. The van der Waals surface area contributed by atoms with Crippen LogP contribution in [0.5, 0.6) is 0 Å². The van der Waals surface area contributed by atoms with Crippen LogP contribution in [0.1, 0.15) is 0 Å². The summed E-state index contributed by atoms with van der Waals surface area (Å²) < 4.78 is 26.0. The van der Waals surface area contributed by atoms with Gasteiger partial charge in [0, 0.05) is 6.54 Å². The lowest BCUT2D eigenvalue weighted by Gasteiger charge is -2.11. The van der Waals surface area contributed by atoms with Crippen molar-refractivity contribution < 1.29 is 13.9 Å². The van der Waals surface area contributed by atoms with E-state index < -0.39 is 17.7 Å². The molecule has 0 heterocycles. The van der Waals surface area contributed by atoms with Crippen molar-refractivity contribution in [3.63, 3.8) is 0 Å². The summed E-state index contributed by atoms with van der Waals surface area (Å²) in [7, 11) is 0. The number of aliphatic hydroxyl groups is 1. The van der Waals surface area contributed by atoms with E-state index in [9.17, 15) is 8.78 Å². The first-order valence-electron chi connectivity index (χ1n) is 4.07. The molecule has 0 aliphatic rings. The number of aliphatic hydroxyl groups excluding tert-OH is 1. The maximum absolute atomic E-state index is 13.0. The molecule has 1 unspecified atom stereocenters. The van der Waals surface area contributed by atoms with Crippen molar-refractivity contribution in [1.29, 1.82) is 0 Å². The molecule has 0 amide bonds. The number of halogens is 3. The molecule has 0 bridgehead atoms. The van der Waals surface area contributed by atoms with E-state index in [2.05, 4.69) is 5.32 Å². The van der Waals surface area contributed by atoms with Crippen molar-refractivity contribution in [3.05, 3.63) is 29.8 Å². The summed E-state index contributed by atoms with van der Waals surface area (Å²) in [6.07, 6.45) is -0.823. The molecule has 1 atom stereocenters. The zero-order valence-electron chi connectivity index (χ0n) is 7.30. The van der Waals surface area contributed by atoms with Crippen LogP contribution in [0, 0.1) is 11.6 Å². The van der Waals surface area contributed by atoms with E-state index in [4.69, 9.17) is 16.7 Å². The lowest BCUT2D eigenvalue weighted by molar-refractivity contribution is 0.211. The van der Waals surface area contributed by atoms with Gasteiger partial charge in [0.05, 0.1) is 12.0 Å². The van der Waals surface area contributed by atoms with Crippen molar-refractivity contribution in [2.45, 2.75) is 6.10 Å². The molecule has 1 rings (SSSR count). The molecule has 1 aromatic rings. The van der Waals surface area contributed by atoms with E-state index in [0.29, 0.717) is 0 Å². The summed E-state index contributed by atoms with van der Waals surface area (Å²) in [5.41, 5.74) is -0.239. The number of anilines is 1. The molecule has 2 N–H and O–H groups in total. The molecule has 78 valence electrons. The molecule has 0 fully saturated rings. The molecule has 2 nitrogen and oxygen atoms in total. The number of para-hydroxylation sites is 1. The summed E-state index contributed by atoms with van der Waals surface area (Å²) in [5, 5.41) is 11.5. The largest absolute Gasteiger partial charge is 0.390 e. The van der Waals surface area contributed by atoms with Gasteiger partial charge in [-0.2, -0.15) is 0 Å². The Balaban J connectivity index is 2.66. The lowest BCUT2D eigenvalue weighted by atomic mass is 10.3. The van der Waals surface area contributed by atoms with Crippen LogP contribution in [0.2, 0.25) is 0 Å². The fourth-order valence-electron chi connectivity index (χ4n) is 0.941. The van der Waals surface area contributed by atoms with E-state index in [-0.39, 0.29) is 18.1 Å². The molecule has 0 saturated carbocycles. The quantitative estimate of drug-likeness (QED) is 0.762. The predicted molar refractivity (Wildman–Crippen MR) is 51.6 cm³/mol. The SMILES string of the molecule is OC(CCl)CNc1c(F)cccc1F. The van der Waals surface area contributed by atoms with E-state index >= 15 is 0 Å². The van der Waals surface area contributed by atoms with Gasteiger partial charge in [-0.3, -0.25) is 0 Å². The van der Waals surface area contributed by atoms with Crippen molar-refractivity contribution in [3.8, 4) is 0 Å². The highest BCUT2D eigenvalue weighted by atomic mass is 35.5. The van der Waals surface area contributed by atoms with Gasteiger partial charge in [0.25, 0.3) is 0 Å². The average Bonchev–Trinajstić information content (AvgIpc) is 2.16. The fraction of sp³-hybridized carbons (Fsp3) is 0.333. The van der Waals surface area contributed by atoms with Gasteiger partial charge in [-0.05, 0) is 12.1 Å². The highest BCUT2D eigenvalue weighted by Crippen LogP contribution is 2.17. The van der Waals surface area contributed by atoms with Gasteiger partial charge in [-0.15, -0.1) is 11.6 Å². The molecule has 0 saturated heterocycles. The minimum absolute atomic E-state index is 0.0152. The number of nitrogens with one attached hydrogen (secondary N) is 1. The maximum Gasteiger partial charge on any atom is 0.149 e. The lowest BCUT2D eigenvalue weighted by Crippen LogP contribution is -2.21. The van der Waals surface area contributed by atoms with E-state index in [1.807, 2.05) is 0 Å². The first-order valence-corrected chi connectivity index (χ1v) is 4.60. The van der Waals surface area contributed by atoms with Crippen LogP contribution in [0.4, 0.5) is 14.5 Å². The third-order valence-corrected chi connectivity index (χ3v) is 2.01. The Kier molecular flexibility index (Phi) is 4.10. The zero-order chi connectivity index (χ0) is 10.6. The van der Waals surface area contributed by atoms with Crippen LogP contribution >= 0.6 is 11.6 Å². The summed E-state index contributed by atoms with van der Waals surface area (Å²) in [6.45, 7) is 0.0152. The van der Waals surface area contributed by atoms with Gasteiger partial charge in [0.2, 0.25) is 0 Å². The normalized spacial score (nSPS) is 12.6. The highest BCUT2D eigenvalue weighted by Gasteiger charge is 2.09. The molecule has 0 aromatic heterocycles. The number of rotatable bonds is 4. The summed E-state index contributed by atoms with van der Waals surface area (Å²) in [5.74, 6) is -1.36. The Bertz CT molecular complexity index is 289. The van der Waals surface area contributed by atoms with Gasteiger partial charge in [-0.25, -0.2) is 8.78 Å². The first kappa shape index (κ1) is 11.2. The first-order chi connectivity index (χ1) is 6.65. The molecule has 0 aliphatic heterocycles. The molecule has 5 heteroatoms. The highest BCUT2D eigenvalue weighted by molar-refractivity contribution is 6.18. The van der Waals surface area contributed by atoms with Crippen LogP contribution in [0.25, 0.3) is 0 Å². The predicted octanol–water partition coefficient (Wildman–Crippen LogP) is 1.98. The van der Waals surface area contributed by atoms with Crippen molar-refractivity contribution in [2.24, 2.45) is 0 Å². The third kappa shape index (κ3) is 2.82. The van der Waals surface area contributed by atoms with Crippen molar-refractivity contribution in [2.75, 3.05) is 17.7 Å². The molecule has 0 spiro atoms. The van der Waals surface area contributed by atoms with Gasteiger partial charge in [0.1, 0.15) is 17.3 Å². The Labute approximate surface area is 85.5 Å². The number of alkyl halides is 1. The van der Waals surface area contributed by atoms with Crippen LogP contribution in [-0.2, 0) is 0 Å². The smallest absolute Gasteiger partial charge is 0.149 e. The molecule has 1 aromatic carbocycles. The minimum Gasteiger partial charge on any atom is -0.390 e. The van der Waals surface area contributed by atoms with Crippen LogP contribution in [0.3, 0.4) is 0 Å². The van der Waals surface area contributed by atoms with Gasteiger partial charge < -0.3 is 10.4 Å². The van der Waals surface area contributed by atoms with Gasteiger partial charge in [-0.1, -0.05) is 6.07 Å². The van der Waals surface area contributed by atoms with Gasteiger partial charge in [0.15, 0.2) is 0 Å². The monoisotopic (exact) mass is 221 g/mol. The molecule has 14 heavy (non-hydrogen) atoms. The Morgan fingerprint density at radius 3 is 2.43 bits per heavy atom. The summed E-state index contributed by atoms with van der Waals surface area (Å²) in [6, 6.07) is 3.55. The van der Waals surface area contributed by atoms with Gasteiger partial charge >= 0.3 is 0 Å². The second-order valence-corrected chi connectivity index (χ2v) is 3.09. The number of hydrogen-bond donors (Lipinski definition) is 2. The summed E-state index contributed by atoms with van der Waals surface area (Å²) in [4.78, 5) is 0. The molecule has 0 radical (unpaired) electrons. The molecule has 0 aliphatic carbocycles. The zero-order valence-corrected chi connectivity index (χ0v) is 8.06. The van der Waals surface area contributed by atoms with Crippen LogP contribution < -0.4 is 5.32 Å². The van der Waals surface area contributed by atoms with E-state index in [0.717, 1.165) is 12.1 Å². The third-order valence-electron chi connectivity index (χ3n) is 1.66. The standard InChI is InChI=1S/C9H10ClF2NO/c10-4-6(14)5-13-9-7(11)2-1-3-8(9)12/h1-3,6,13-14H,4-5H2. The molecular formula is C9H10ClF2NO.